The molecule has 0 radical (unpaired) electrons. The van der Waals surface area contributed by atoms with E-state index in [1.54, 1.807) is 19.1 Å². The number of carbonyl (C=O) groups is 3. The van der Waals surface area contributed by atoms with Gasteiger partial charge in [0.15, 0.2) is 0 Å². The number of esters is 1. The number of cyclic esters (lactones) is 1. The van der Waals surface area contributed by atoms with Gasteiger partial charge in [0.05, 0.1) is 24.2 Å². The molecule has 5 aliphatic rings. The summed E-state index contributed by atoms with van der Waals surface area (Å²) in [6.07, 6.45) is 13.1. The zero-order valence-electron chi connectivity index (χ0n) is 19.4. The number of hydrogen-bond acceptors (Lipinski definition) is 6. The summed E-state index contributed by atoms with van der Waals surface area (Å²) in [5.74, 6) is -2.68. The number of rotatable bonds is 4. The van der Waals surface area contributed by atoms with E-state index in [2.05, 4.69) is 0 Å². The van der Waals surface area contributed by atoms with Crippen molar-refractivity contribution in [3.63, 3.8) is 0 Å². The van der Waals surface area contributed by atoms with Gasteiger partial charge in [0.2, 0.25) is 11.8 Å². The van der Waals surface area contributed by atoms with Crippen LogP contribution in [-0.2, 0) is 23.9 Å². The second kappa shape index (κ2) is 8.24. The van der Waals surface area contributed by atoms with Crippen molar-refractivity contribution in [3.05, 3.63) is 24.3 Å². The number of nitrogens with zero attached hydrogens (tertiary/aromatic N) is 2. The Morgan fingerprint density at radius 2 is 1.85 bits per heavy atom. The Morgan fingerprint density at radius 1 is 1.09 bits per heavy atom. The van der Waals surface area contributed by atoms with Gasteiger partial charge in [-0.3, -0.25) is 14.4 Å². The molecule has 8 nitrogen and oxygen atoms in total. The molecule has 0 aromatic rings. The molecule has 2 amide bonds. The predicted molar refractivity (Wildman–Crippen MR) is 119 cm³/mol. The molecule has 2 saturated heterocycles. The highest BCUT2D eigenvalue weighted by atomic mass is 16.6. The number of fused-ring (bicyclic) bond motifs is 2. The molecule has 3 fully saturated rings. The Bertz CT molecular complexity index is 891. The van der Waals surface area contributed by atoms with E-state index in [-0.39, 0.29) is 31.1 Å². The molecule has 5 rings (SSSR count). The highest BCUT2D eigenvalue weighted by molar-refractivity contribution is 5.99. The third kappa shape index (κ3) is 3.21. The van der Waals surface area contributed by atoms with Gasteiger partial charge in [0.1, 0.15) is 24.2 Å². The fourth-order valence-electron chi connectivity index (χ4n) is 6.84. The molecule has 6 atom stereocenters. The first kappa shape index (κ1) is 22.6. The summed E-state index contributed by atoms with van der Waals surface area (Å²) >= 11 is 0. The molecule has 1 saturated carbocycles. The number of aliphatic hydroxyl groups excluding tert-OH is 1. The SMILES string of the molecule is CC[C@@H](CO)N1C(=O)[C@@H]2[C@@H]3C(=O)OCC=C[C@]3(C)O[C@@]23C=CCN(C2CCCCC2)C(=O)C13. The lowest BCUT2D eigenvalue weighted by Crippen LogP contribution is -2.60. The third-order valence-electron chi connectivity index (χ3n) is 8.37. The van der Waals surface area contributed by atoms with E-state index < -0.39 is 41.1 Å². The van der Waals surface area contributed by atoms with Crippen LogP contribution in [0.15, 0.2) is 24.3 Å². The van der Waals surface area contributed by atoms with Crippen molar-refractivity contribution in [1.29, 1.82) is 0 Å². The summed E-state index contributed by atoms with van der Waals surface area (Å²) in [5.41, 5.74) is -2.33. The van der Waals surface area contributed by atoms with Crippen molar-refractivity contribution < 1.29 is 29.0 Å². The molecule has 1 aliphatic carbocycles. The smallest absolute Gasteiger partial charge is 0.313 e. The highest BCUT2D eigenvalue weighted by Gasteiger charge is 2.75. The van der Waals surface area contributed by atoms with Gasteiger partial charge in [0, 0.05) is 12.6 Å². The molecule has 180 valence electrons. The molecule has 0 aromatic heterocycles. The summed E-state index contributed by atoms with van der Waals surface area (Å²) in [6, 6.07) is -1.32. The van der Waals surface area contributed by atoms with E-state index in [9.17, 15) is 19.5 Å². The monoisotopic (exact) mass is 458 g/mol. The maximum Gasteiger partial charge on any atom is 0.313 e. The van der Waals surface area contributed by atoms with Gasteiger partial charge in [-0.15, -0.1) is 0 Å². The van der Waals surface area contributed by atoms with Crippen molar-refractivity contribution in [2.75, 3.05) is 19.8 Å². The molecule has 1 N–H and O–H groups in total. The molecular formula is C25H34N2O6. The first-order valence-electron chi connectivity index (χ1n) is 12.3. The number of amides is 2. The minimum atomic E-state index is -1.28. The largest absolute Gasteiger partial charge is 0.461 e. The van der Waals surface area contributed by atoms with Crippen LogP contribution >= 0.6 is 0 Å². The van der Waals surface area contributed by atoms with Crippen molar-refractivity contribution in [2.24, 2.45) is 11.8 Å². The number of ether oxygens (including phenoxy) is 2. The molecule has 1 unspecified atom stereocenters. The molecule has 33 heavy (non-hydrogen) atoms. The molecule has 4 heterocycles. The molecular weight excluding hydrogens is 424 g/mol. The third-order valence-corrected chi connectivity index (χ3v) is 8.37. The zero-order valence-corrected chi connectivity index (χ0v) is 19.4. The van der Waals surface area contributed by atoms with Crippen LogP contribution in [0.25, 0.3) is 0 Å². The van der Waals surface area contributed by atoms with Crippen molar-refractivity contribution in [2.45, 2.75) is 81.7 Å². The lowest BCUT2D eigenvalue weighted by molar-refractivity contribution is -0.160. The maximum absolute atomic E-state index is 14.2. The summed E-state index contributed by atoms with van der Waals surface area (Å²) in [4.78, 5) is 44.7. The van der Waals surface area contributed by atoms with Gasteiger partial charge >= 0.3 is 5.97 Å². The van der Waals surface area contributed by atoms with Gasteiger partial charge in [-0.2, -0.15) is 0 Å². The van der Waals surface area contributed by atoms with Gasteiger partial charge in [0.25, 0.3) is 0 Å². The minimum absolute atomic E-state index is 0.128. The maximum atomic E-state index is 14.2. The zero-order chi connectivity index (χ0) is 23.4. The fourth-order valence-corrected chi connectivity index (χ4v) is 6.84. The second-order valence-electron chi connectivity index (χ2n) is 10.2. The second-order valence-corrected chi connectivity index (χ2v) is 10.2. The predicted octanol–water partition coefficient (Wildman–Crippen LogP) is 1.57. The van der Waals surface area contributed by atoms with E-state index in [0.717, 1.165) is 25.7 Å². The minimum Gasteiger partial charge on any atom is -0.461 e. The van der Waals surface area contributed by atoms with E-state index in [4.69, 9.17) is 9.47 Å². The van der Waals surface area contributed by atoms with E-state index >= 15 is 0 Å². The fraction of sp³-hybridized carbons (Fsp3) is 0.720. The number of hydrogen-bond donors (Lipinski definition) is 1. The van der Waals surface area contributed by atoms with Crippen molar-refractivity contribution >= 4 is 17.8 Å². The van der Waals surface area contributed by atoms with Crippen molar-refractivity contribution in [1.82, 2.24) is 9.80 Å². The average molecular weight is 459 g/mol. The van der Waals surface area contributed by atoms with Crippen LogP contribution in [0.3, 0.4) is 0 Å². The lowest BCUT2D eigenvalue weighted by atomic mass is 9.74. The first-order valence-corrected chi connectivity index (χ1v) is 12.3. The Kier molecular flexibility index (Phi) is 5.64. The summed E-state index contributed by atoms with van der Waals surface area (Å²) in [6.45, 7) is 4.02. The lowest BCUT2D eigenvalue weighted by Gasteiger charge is -2.42. The van der Waals surface area contributed by atoms with Crippen LogP contribution in [0, 0.1) is 11.8 Å². The Labute approximate surface area is 194 Å². The Hall–Kier alpha value is -2.19. The van der Waals surface area contributed by atoms with E-state index in [1.165, 1.54) is 11.3 Å². The highest BCUT2D eigenvalue weighted by Crippen LogP contribution is 2.57. The number of aliphatic hydroxyl groups is 1. The van der Waals surface area contributed by atoms with Crippen LogP contribution in [0.5, 0.6) is 0 Å². The van der Waals surface area contributed by atoms with Gasteiger partial charge in [-0.05, 0) is 32.3 Å². The first-order chi connectivity index (χ1) is 15.9. The standard InChI is InChI=1S/C25H34N2O6/c1-3-16(15-28)27-20-22(30)26(17-9-5-4-6-10-17)13-7-12-25(20)18(21(27)29)19-23(31)32-14-8-11-24(19,2)33-25/h7-8,11-12,16-20,28H,3-6,9-10,13-15H2,1-2H3/t16-,18-,19+,20?,24-,25-/m0/s1. The molecule has 0 bridgehead atoms. The number of carbonyl (C=O) groups excluding carboxylic acids is 3. The van der Waals surface area contributed by atoms with Gasteiger partial charge in [-0.1, -0.05) is 44.4 Å². The summed E-state index contributed by atoms with van der Waals surface area (Å²) in [7, 11) is 0. The van der Waals surface area contributed by atoms with Crippen LogP contribution in [0.1, 0.15) is 52.4 Å². The topological polar surface area (TPSA) is 96.4 Å². The molecule has 0 aromatic carbocycles. The number of likely N-dealkylation sites (tertiary alicyclic amines) is 1. The molecule has 1 spiro atoms. The summed E-state index contributed by atoms with van der Waals surface area (Å²) in [5, 5.41) is 10.1. The molecule has 8 heteroatoms. The quantitative estimate of drug-likeness (QED) is 0.508. The normalized spacial score (nSPS) is 39.6. The Balaban J connectivity index is 1.64. The van der Waals surface area contributed by atoms with Crippen LogP contribution in [0.2, 0.25) is 0 Å². The van der Waals surface area contributed by atoms with Crippen LogP contribution < -0.4 is 0 Å². The van der Waals surface area contributed by atoms with Crippen LogP contribution in [-0.4, -0.2) is 81.8 Å². The Morgan fingerprint density at radius 3 is 2.55 bits per heavy atom. The average Bonchev–Trinajstić information content (AvgIpc) is 3.07. The van der Waals surface area contributed by atoms with Gasteiger partial charge < -0.3 is 24.4 Å². The van der Waals surface area contributed by atoms with E-state index in [1.807, 2.05) is 24.0 Å². The molecule has 4 aliphatic heterocycles. The summed E-state index contributed by atoms with van der Waals surface area (Å²) < 4.78 is 12.1. The van der Waals surface area contributed by atoms with Crippen molar-refractivity contribution in [3.8, 4) is 0 Å². The van der Waals surface area contributed by atoms with E-state index in [0.29, 0.717) is 13.0 Å². The van der Waals surface area contributed by atoms with Gasteiger partial charge in [-0.25, -0.2) is 0 Å². The van der Waals surface area contributed by atoms with Crippen LogP contribution in [0.4, 0.5) is 0 Å².